The highest BCUT2D eigenvalue weighted by Gasteiger charge is 2.23. The van der Waals surface area contributed by atoms with Crippen LogP contribution in [0.25, 0.3) is 0 Å². The van der Waals surface area contributed by atoms with Crippen LogP contribution in [0.3, 0.4) is 0 Å². The number of benzene rings is 2. The third kappa shape index (κ3) is 6.04. The number of ether oxygens (including phenoxy) is 2. The molecule has 0 saturated carbocycles. The Labute approximate surface area is 160 Å². The average Bonchev–Trinajstić information content (AvgIpc) is 2.62. The van der Waals surface area contributed by atoms with Gasteiger partial charge in [-0.15, -0.1) is 0 Å². The van der Waals surface area contributed by atoms with Crippen molar-refractivity contribution in [2.75, 3.05) is 7.11 Å². The van der Waals surface area contributed by atoms with Crippen molar-refractivity contribution in [3.63, 3.8) is 0 Å². The largest absolute Gasteiger partial charge is 0.467 e. The second kappa shape index (κ2) is 9.41. The van der Waals surface area contributed by atoms with Gasteiger partial charge in [0, 0.05) is 9.99 Å². The smallest absolute Gasteiger partial charge is 0.408 e. The number of alkyl carbamates (subject to hydrolysis) is 1. The Bertz CT molecular complexity index is 733. The molecule has 0 radical (unpaired) electrons. The van der Waals surface area contributed by atoms with E-state index in [1.165, 1.54) is 7.11 Å². The Morgan fingerprint density at radius 1 is 1.12 bits per heavy atom. The normalized spacial score (nSPS) is 11.5. The van der Waals surface area contributed by atoms with Crippen LogP contribution in [-0.4, -0.2) is 25.2 Å². The van der Waals surface area contributed by atoms with Gasteiger partial charge in [0.1, 0.15) is 12.6 Å². The molecule has 0 fully saturated rings. The lowest BCUT2D eigenvalue weighted by molar-refractivity contribution is -0.143. The van der Waals surface area contributed by atoms with Gasteiger partial charge in [-0.1, -0.05) is 42.5 Å². The lowest BCUT2D eigenvalue weighted by Crippen LogP contribution is -2.43. The Balaban J connectivity index is 1.98. The summed E-state index contributed by atoms with van der Waals surface area (Å²) in [5, 5.41) is 2.58. The molecule has 0 aromatic heterocycles. The summed E-state index contributed by atoms with van der Waals surface area (Å²) in [6, 6.07) is 14.5. The average molecular weight is 453 g/mol. The van der Waals surface area contributed by atoms with Crippen molar-refractivity contribution >= 4 is 34.7 Å². The number of carbonyl (C=O) groups excluding carboxylic acids is 2. The number of carbonyl (C=O) groups is 2. The van der Waals surface area contributed by atoms with Crippen molar-refractivity contribution in [2.45, 2.75) is 26.0 Å². The Kier molecular flexibility index (Phi) is 7.24. The van der Waals surface area contributed by atoms with Gasteiger partial charge in [0.15, 0.2) is 0 Å². The van der Waals surface area contributed by atoms with Crippen molar-refractivity contribution < 1.29 is 19.1 Å². The monoisotopic (exact) mass is 453 g/mol. The molecule has 0 aliphatic rings. The first kappa shape index (κ1) is 19.2. The van der Waals surface area contributed by atoms with Gasteiger partial charge in [-0.3, -0.25) is 0 Å². The molecule has 5 nitrogen and oxygen atoms in total. The summed E-state index contributed by atoms with van der Waals surface area (Å²) < 4.78 is 11.1. The highest BCUT2D eigenvalue weighted by molar-refractivity contribution is 14.1. The number of esters is 1. The highest BCUT2D eigenvalue weighted by atomic mass is 127. The quantitative estimate of drug-likeness (QED) is 0.537. The van der Waals surface area contributed by atoms with Crippen LogP contribution in [0.1, 0.15) is 16.7 Å². The molecule has 1 amide bonds. The summed E-state index contributed by atoms with van der Waals surface area (Å²) in [7, 11) is 1.30. The number of amides is 1. The number of hydrogen-bond donors (Lipinski definition) is 1. The molecule has 0 heterocycles. The molecule has 0 aliphatic carbocycles. The summed E-state index contributed by atoms with van der Waals surface area (Å²) in [6.45, 7) is 2.14. The van der Waals surface area contributed by atoms with E-state index < -0.39 is 18.1 Å². The van der Waals surface area contributed by atoms with Crippen molar-refractivity contribution in [1.82, 2.24) is 5.32 Å². The summed E-state index contributed by atoms with van der Waals surface area (Å²) in [4.78, 5) is 24.0. The van der Waals surface area contributed by atoms with Crippen molar-refractivity contribution in [1.29, 1.82) is 0 Å². The zero-order chi connectivity index (χ0) is 18.2. The molecule has 25 heavy (non-hydrogen) atoms. The van der Waals surface area contributed by atoms with E-state index in [1.54, 1.807) is 0 Å². The van der Waals surface area contributed by atoms with Crippen molar-refractivity contribution in [3.05, 3.63) is 68.8 Å². The summed E-state index contributed by atoms with van der Waals surface area (Å²) >= 11 is 2.25. The number of rotatable bonds is 6. The fourth-order valence-electron chi connectivity index (χ4n) is 2.31. The van der Waals surface area contributed by atoms with E-state index in [-0.39, 0.29) is 6.61 Å². The van der Waals surface area contributed by atoms with Crippen LogP contribution in [0.5, 0.6) is 0 Å². The number of halogens is 1. The van der Waals surface area contributed by atoms with Gasteiger partial charge in [0.05, 0.1) is 7.11 Å². The van der Waals surface area contributed by atoms with E-state index in [0.29, 0.717) is 6.42 Å². The Morgan fingerprint density at radius 2 is 1.84 bits per heavy atom. The SMILES string of the molecule is COC(=O)C(Cc1ccc(I)c(C)c1)NC(=O)OCc1ccccc1. The minimum Gasteiger partial charge on any atom is -0.467 e. The lowest BCUT2D eigenvalue weighted by Gasteiger charge is -2.17. The van der Waals surface area contributed by atoms with Crippen LogP contribution in [0.4, 0.5) is 4.79 Å². The maximum absolute atomic E-state index is 12.0. The predicted octanol–water partition coefficient (Wildman–Crippen LogP) is 3.61. The van der Waals surface area contributed by atoms with Crippen LogP contribution in [0.15, 0.2) is 48.5 Å². The maximum Gasteiger partial charge on any atom is 0.408 e. The van der Waals surface area contributed by atoms with E-state index in [2.05, 4.69) is 27.9 Å². The standard InChI is InChI=1S/C19H20INO4/c1-13-10-15(8-9-16(13)20)11-17(18(22)24-2)21-19(23)25-12-14-6-4-3-5-7-14/h3-10,17H,11-12H2,1-2H3,(H,21,23). The van der Waals surface area contributed by atoms with E-state index in [1.807, 2.05) is 55.5 Å². The van der Waals surface area contributed by atoms with Crippen LogP contribution >= 0.6 is 22.6 Å². The van der Waals surface area contributed by atoms with Gasteiger partial charge in [0.2, 0.25) is 0 Å². The van der Waals surface area contributed by atoms with Gasteiger partial charge in [-0.2, -0.15) is 0 Å². The molecule has 1 N–H and O–H groups in total. The molecule has 1 unspecified atom stereocenters. The van der Waals surface area contributed by atoms with Crippen LogP contribution in [0, 0.1) is 10.5 Å². The second-order valence-electron chi connectivity index (χ2n) is 5.57. The minimum absolute atomic E-state index is 0.142. The highest BCUT2D eigenvalue weighted by Crippen LogP contribution is 2.15. The molecular formula is C19H20INO4. The fourth-order valence-corrected chi connectivity index (χ4v) is 2.65. The predicted molar refractivity (Wildman–Crippen MR) is 103 cm³/mol. The third-order valence-electron chi connectivity index (χ3n) is 3.65. The number of hydrogen-bond acceptors (Lipinski definition) is 4. The van der Waals surface area contributed by atoms with Crippen molar-refractivity contribution in [3.8, 4) is 0 Å². The maximum atomic E-state index is 12.0. The van der Waals surface area contributed by atoms with E-state index in [0.717, 1.165) is 20.3 Å². The Hall–Kier alpha value is -2.09. The van der Waals surface area contributed by atoms with Crippen LogP contribution in [0.2, 0.25) is 0 Å². The second-order valence-corrected chi connectivity index (χ2v) is 6.73. The first-order chi connectivity index (χ1) is 12.0. The first-order valence-electron chi connectivity index (χ1n) is 7.79. The van der Waals surface area contributed by atoms with Gasteiger partial charge in [-0.25, -0.2) is 9.59 Å². The Morgan fingerprint density at radius 3 is 2.48 bits per heavy atom. The van der Waals surface area contributed by atoms with Gasteiger partial charge in [-0.05, 0) is 52.3 Å². The molecule has 2 aromatic rings. The number of nitrogens with one attached hydrogen (secondary N) is 1. The number of methoxy groups -OCH3 is 1. The van der Waals surface area contributed by atoms with E-state index >= 15 is 0 Å². The minimum atomic E-state index is -0.798. The van der Waals surface area contributed by atoms with Crippen LogP contribution in [-0.2, 0) is 27.3 Å². The van der Waals surface area contributed by atoms with E-state index in [4.69, 9.17) is 9.47 Å². The molecule has 0 spiro atoms. The molecule has 0 saturated heterocycles. The molecule has 1 atom stereocenters. The summed E-state index contributed by atoms with van der Waals surface area (Å²) in [5.74, 6) is -0.507. The van der Waals surface area contributed by atoms with E-state index in [9.17, 15) is 9.59 Å². The zero-order valence-electron chi connectivity index (χ0n) is 14.1. The molecule has 132 valence electrons. The van der Waals surface area contributed by atoms with Crippen LogP contribution < -0.4 is 5.32 Å². The molecule has 2 rings (SSSR count). The fraction of sp³-hybridized carbons (Fsp3) is 0.263. The summed E-state index contributed by atoms with van der Waals surface area (Å²) in [5.41, 5.74) is 2.94. The number of aryl methyl sites for hydroxylation is 1. The topological polar surface area (TPSA) is 64.6 Å². The van der Waals surface area contributed by atoms with Crippen molar-refractivity contribution in [2.24, 2.45) is 0 Å². The lowest BCUT2D eigenvalue weighted by atomic mass is 10.0. The summed E-state index contributed by atoms with van der Waals surface area (Å²) in [6.07, 6.45) is -0.313. The zero-order valence-corrected chi connectivity index (χ0v) is 16.3. The molecule has 2 aromatic carbocycles. The molecular weight excluding hydrogens is 433 g/mol. The first-order valence-corrected chi connectivity index (χ1v) is 8.87. The molecule has 6 heteroatoms. The molecule has 0 aliphatic heterocycles. The van der Waals surface area contributed by atoms with Gasteiger partial charge >= 0.3 is 12.1 Å². The van der Waals surface area contributed by atoms with Gasteiger partial charge < -0.3 is 14.8 Å². The third-order valence-corrected chi connectivity index (χ3v) is 4.86. The molecule has 0 bridgehead atoms. The van der Waals surface area contributed by atoms with Gasteiger partial charge in [0.25, 0.3) is 0 Å².